The van der Waals surface area contributed by atoms with Gasteiger partial charge in [0.05, 0.1) is 18.4 Å². The highest BCUT2D eigenvalue weighted by atomic mass is 79.9. The Bertz CT molecular complexity index is 285. The SMILES string of the molecule is COCCNC(=O)c1ccoc1Br. The molecule has 4 nitrogen and oxygen atoms in total. The Balaban J connectivity index is 2.45. The average molecular weight is 248 g/mol. The third kappa shape index (κ3) is 2.86. The van der Waals surface area contributed by atoms with Gasteiger partial charge < -0.3 is 14.5 Å². The lowest BCUT2D eigenvalue weighted by Crippen LogP contribution is -2.26. The van der Waals surface area contributed by atoms with E-state index in [1.807, 2.05) is 0 Å². The number of halogens is 1. The second-order valence-electron chi connectivity index (χ2n) is 2.36. The topological polar surface area (TPSA) is 51.5 Å². The zero-order valence-electron chi connectivity index (χ0n) is 7.17. The normalized spacial score (nSPS) is 10.0. The fraction of sp³-hybridized carbons (Fsp3) is 0.375. The Labute approximate surface area is 84.4 Å². The first-order chi connectivity index (χ1) is 6.25. The molecule has 0 atom stereocenters. The van der Waals surface area contributed by atoms with E-state index in [0.717, 1.165) is 0 Å². The number of furan rings is 1. The van der Waals surface area contributed by atoms with E-state index in [9.17, 15) is 4.79 Å². The number of nitrogens with one attached hydrogen (secondary N) is 1. The van der Waals surface area contributed by atoms with Crippen molar-refractivity contribution < 1.29 is 13.9 Å². The number of ether oxygens (including phenoxy) is 1. The number of carbonyl (C=O) groups excluding carboxylic acids is 1. The minimum atomic E-state index is -0.169. The van der Waals surface area contributed by atoms with Crippen LogP contribution in [-0.2, 0) is 4.74 Å². The van der Waals surface area contributed by atoms with Crippen molar-refractivity contribution in [2.75, 3.05) is 20.3 Å². The number of amides is 1. The molecule has 13 heavy (non-hydrogen) atoms. The zero-order valence-corrected chi connectivity index (χ0v) is 8.76. The number of methoxy groups -OCH3 is 1. The molecule has 1 amide bonds. The molecular formula is C8H10BrNO3. The molecule has 1 aromatic heterocycles. The van der Waals surface area contributed by atoms with Crippen molar-refractivity contribution in [3.63, 3.8) is 0 Å². The van der Waals surface area contributed by atoms with Crippen LogP contribution in [0.2, 0.25) is 0 Å². The van der Waals surface area contributed by atoms with E-state index in [1.54, 1.807) is 13.2 Å². The Morgan fingerprint density at radius 1 is 1.77 bits per heavy atom. The van der Waals surface area contributed by atoms with Gasteiger partial charge in [-0.2, -0.15) is 0 Å². The van der Waals surface area contributed by atoms with E-state index in [4.69, 9.17) is 9.15 Å². The molecular weight excluding hydrogens is 238 g/mol. The monoisotopic (exact) mass is 247 g/mol. The maximum atomic E-state index is 11.3. The van der Waals surface area contributed by atoms with E-state index >= 15 is 0 Å². The highest BCUT2D eigenvalue weighted by molar-refractivity contribution is 9.10. The summed E-state index contributed by atoms with van der Waals surface area (Å²) in [5.74, 6) is -0.169. The molecule has 0 saturated heterocycles. The Morgan fingerprint density at radius 2 is 2.54 bits per heavy atom. The maximum Gasteiger partial charge on any atom is 0.255 e. The molecule has 72 valence electrons. The number of rotatable bonds is 4. The standard InChI is InChI=1S/C8H10BrNO3/c1-12-5-3-10-8(11)6-2-4-13-7(6)9/h2,4H,3,5H2,1H3,(H,10,11). The van der Waals surface area contributed by atoms with Crippen LogP contribution in [0.15, 0.2) is 21.4 Å². The van der Waals surface area contributed by atoms with Gasteiger partial charge in [-0.1, -0.05) is 0 Å². The Hall–Kier alpha value is -0.810. The lowest BCUT2D eigenvalue weighted by Gasteiger charge is -2.01. The van der Waals surface area contributed by atoms with Crippen LogP contribution in [0.1, 0.15) is 10.4 Å². The molecule has 0 spiro atoms. The summed E-state index contributed by atoms with van der Waals surface area (Å²) in [5, 5.41) is 2.67. The summed E-state index contributed by atoms with van der Waals surface area (Å²) in [7, 11) is 1.58. The predicted molar refractivity (Wildman–Crippen MR) is 50.6 cm³/mol. The van der Waals surface area contributed by atoms with Crippen LogP contribution in [0.5, 0.6) is 0 Å². The van der Waals surface area contributed by atoms with Crippen LogP contribution in [0.4, 0.5) is 0 Å². The number of carbonyl (C=O) groups is 1. The van der Waals surface area contributed by atoms with Gasteiger partial charge >= 0.3 is 0 Å². The maximum absolute atomic E-state index is 11.3. The molecule has 5 heteroatoms. The van der Waals surface area contributed by atoms with E-state index < -0.39 is 0 Å². The van der Waals surface area contributed by atoms with Crippen LogP contribution in [0, 0.1) is 0 Å². The summed E-state index contributed by atoms with van der Waals surface area (Å²) in [6, 6.07) is 1.60. The van der Waals surface area contributed by atoms with Crippen molar-refractivity contribution in [2.24, 2.45) is 0 Å². The summed E-state index contributed by atoms with van der Waals surface area (Å²) in [5.41, 5.74) is 0.496. The molecule has 1 aromatic rings. The van der Waals surface area contributed by atoms with E-state index in [-0.39, 0.29) is 5.91 Å². The predicted octanol–water partition coefficient (Wildman–Crippen LogP) is 1.42. The van der Waals surface area contributed by atoms with E-state index in [0.29, 0.717) is 23.4 Å². The van der Waals surface area contributed by atoms with E-state index in [1.165, 1.54) is 6.26 Å². The van der Waals surface area contributed by atoms with Gasteiger partial charge in [-0.05, 0) is 22.0 Å². The second kappa shape index (κ2) is 5.04. The lowest BCUT2D eigenvalue weighted by atomic mass is 10.3. The van der Waals surface area contributed by atoms with E-state index in [2.05, 4.69) is 21.2 Å². The van der Waals surface area contributed by atoms with Crippen LogP contribution in [0.25, 0.3) is 0 Å². The van der Waals surface area contributed by atoms with Crippen LogP contribution in [-0.4, -0.2) is 26.2 Å². The van der Waals surface area contributed by atoms with Gasteiger partial charge in [0, 0.05) is 13.7 Å². The van der Waals surface area contributed by atoms with Gasteiger partial charge in [0.15, 0.2) is 4.67 Å². The third-order valence-electron chi connectivity index (χ3n) is 1.45. The largest absolute Gasteiger partial charge is 0.457 e. The Morgan fingerprint density at radius 3 is 3.08 bits per heavy atom. The molecule has 0 fully saturated rings. The van der Waals surface area contributed by atoms with Gasteiger partial charge in [0.2, 0.25) is 0 Å². The molecule has 0 aliphatic carbocycles. The van der Waals surface area contributed by atoms with Crippen molar-refractivity contribution in [3.05, 3.63) is 22.6 Å². The first kappa shape index (κ1) is 10.3. The quantitative estimate of drug-likeness (QED) is 0.820. The van der Waals surface area contributed by atoms with Crippen molar-refractivity contribution >= 4 is 21.8 Å². The van der Waals surface area contributed by atoms with Crippen molar-refractivity contribution in [1.82, 2.24) is 5.32 Å². The van der Waals surface area contributed by atoms with Gasteiger partial charge in [0.1, 0.15) is 0 Å². The minimum Gasteiger partial charge on any atom is -0.457 e. The Kier molecular flexibility index (Phi) is 3.98. The van der Waals surface area contributed by atoms with Crippen molar-refractivity contribution in [1.29, 1.82) is 0 Å². The summed E-state index contributed by atoms with van der Waals surface area (Å²) >= 11 is 3.12. The molecule has 0 aliphatic heterocycles. The summed E-state index contributed by atoms with van der Waals surface area (Å²) in [4.78, 5) is 11.3. The average Bonchev–Trinajstić information content (AvgIpc) is 2.52. The van der Waals surface area contributed by atoms with Gasteiger partial charge in [-0.15, -0.1) is 0 Å². The third-order valence-corrected chi connectivity index (χ3v) is 2.07. The van der Waals surface area contributed by atoms with Crippen LogP contribution < -0.4 is 5.32 Å². The van der Waals surface area contributed by atoms with Gasteiger partial charge in [-0.3, -0.25) is 4.79 Å². The first-order valence-electron chi connectivity index (χ1n) is 3.76. The van der Waals surface area contributed by atoms with Crippen LogP contribution >= 0.6 is 15.9 Å². The molecule has 0 saturated carbocycles. The number of hydrogen-bond donors (Lipinski definition) is 1. The van der Waals surface area contributed by atoms with Crippen LogP contribution in [0.3, 0.4) is 0 Å². The molecule has 1 rings (SSSR count). The summed E-state index contributed by atoms with van der Waals surface area (Å²) in [6.07, 6.45) is 1.45. The molecule has 0 radical (unpaired) electrons. The van der Waals surface area contributed by atoms with Crippen molar-refractivity contribution in [3.8, 4) is 0 Å². The van der Waals surface area contributed by atoms with Gasteiger partial charge in [0.25, 0.3) is 5.91 Å². The molecule has 1 N–H and O–H groups in total. The molecule has 0 aliphatic rings. The summed E-state index contributed by atoms with van der Waals surface area (Å²) < 4.78 is 10.2. The molecule has 0 unspecified atom stereocenters. The highest BCUT2D eigenvalue weighted by Gasteiger charge is 2.11. The fourth-order valence-corrected chi connectivity index (χ4v) is 1.24. The van der Waals surface area contributed by atoms with Crippen molar-refractivity contribution in [2.45, 2.75) is 0 Å². The lowest BCUT2D eigenvalue weighted by molar-refractivity contribution is 0.0935. The molecule has 0 bridgehead atoms. The fourth-order valence-electron chi connectivity index (χ4n) is 0.818. The number of hydrogen-bond acceptors (Lipinski definition) is 3. The van der Waals surface area contributed by atoms with Gasteiger partial charge in [-0.25, -0.2) is 0 Å². The smallest absolute Gasteiger partial charge is 0.255 e. The zero-order chi connectivity index (χ0) is 9.68. The highest BCUT2D eigenvalue weighted by Crippen LogP contribution is 2.16. The second-order valence-corrected chi connectivity index (χ2v) is 3.08. The minimum absolute atomic E-state index is 0.169. The molecule has 0 aromatic carbocycles. The molecule has 1 heterocycles. The first-order valence-corrected chi connectivity index (χ1v) is 4.55. The summed E-state index contributed by atoms with van der Waals surface area (Å²) in [6.45, 7) is 0.994.